The normalized spacial score (nSPS) is 20.7. The van der Waals surface area contributed by atoms with Crippen molar-refractivity contribution in [1.29, 1.82) is 0 Å². The average Bonchev–Trinajstić information content (AvgIpc) is 3.51. The highest BCUT2D eigenvalue weighted by atomic mass is 32.2. The van der Waals surface area contributed by atoms with Crippen LogP contribution in [-0.2, 0) is 55.5 Å². The largest absolute Gasteiger partial charge is 0.744 e. The highest BCUT2D eigenvalue weighted by molar-refractivity contribution is 7.86. The molecule has 0 saturated carbocycles. The summed E-state index contributed by atoms with van der Waals surface area (Å²) >= 11 is 0. The van der Waals surface area contributed by atoms with E-state index in [0.717, 1.165) is 11.4 Å². The minimum atomic E-state index is -4.78. The van der Waals surface area contributed by atoms with E-state index in [1.54, 1.807) is 37.5 Å². The molecule has 0 spiro atoms. The van der Waals surface area contributed by atoms with Crippen molar-refractivity contribution in [2.45, 2.75) is 79.4 Å². The quantitative estimate of drug-likeness (QED) is 0.0673. The van der Waals surface area contributed by atoms with Crippen LogP contribution < -0.4 is 4.90 Å². The van der Waals surface area contributed by atoms with E-state index in [4.69, 9.17) is 14.6 Å². The summed E-state index contributed by atoms with van der Waals surface area (Å²) in [6.45, 7) is 5.16. The van der Waals surface area contributed by atoms with E-state index < -0.39 is 57.8 Å². The molecule has 2 aliphatic rings. The lowest BCUT2D eigenvalue weighted by Gasteiger charge is -2.30. The summed E-state index contributed by atoms with van der Waals surface area (Å²) in [5.74, 6) is -1.36. The Labute approximate surface area is 341 Å². The maximum Gasteiger partial charge on any atom is 0.303 e. The minimum Gasteiger partial charge on any atom is -0.744 e. The number of methoxy groups -OCH3 is 2. The highest BCUT2D eigenvalue weighted by Crippen LogP contribution is 2.51. The molecule has 2 unspecified atom stereocenters. The number of anilines is 1. The summed E-state index contributed by atoms with van der Waals surface area (Å²) in [6, 6.07) is 8.43. The van der Waals surface area contributed by atoms with Gasteiger partial charge in [0.2, 0.25) is 5.69 Å². The van der Waals surface area contributed by atoms with Crippen molar-refractivity contribution in [3.63, 3.8) is 0 Å². The van der Waals surface area contributed by atoms with E-state index >= 15 is 0 Å². The Morgan fingerprint density at radius 1 is 0.793 bits per heavy atom. The molecule has 0 fully saturated rings. The fourth-order valence-corrected chi connectivity index (χ4v) is 9.10. The number of benzene rings is 2. The molecular weight excluding hydrogens is 813 g/mol. The Bertz CT molecular complexity index is 2330. The Morgan fingerprint density at radius 3 is 1.98 bits per heavy atom. The van der Waals surface area contributed by atoms with Gasteiger partial charge in [-0.1, -0.05) is 36.8 Å². The van der Waals surface area contributed by atoms with Gasteiger partial charge in [-0.2, -0.15) is 13.0 Å². The van der Waals surface area contributed by atoms with Gasteiger partial charge in [-0.3, -0.25) is 9.35 Å². The van der Waals surface area contributed by atoms with Crippen LogP contribution in [0.25, 0.3) is 0 Å². The molecule has 2 aromatic carbocycles. The fraction of sp³-hybridized carbons (Fsp3) is 0.450. The van der Waals surface area contributed by atoms with Crippen molar-refractivity contribution in [2.75, 3.05) is 51.2 Å². The monoisotopic (exact) mass is 863 g/mol. The Hall–Kier alpha value is -4.01. The Kier molecular flexibility index (Phi) is 15.6. The lowest BCUT2D eigenvalue weighted by atomic mass is 9.76. The third kappa shape index (κ3) is 11.4. The molecule has 18 heteroatoms. The van der Waals surface area contributed by atoms with E-state index in [0.29, 0.717) is 67.8 Å². The smallest absolute Gasteiger partial charge is 0.303 e. The van der Waals surface area contributed by atoms with Gasteiger partial charge >= 0.3 is 5.97 Å². The van der Waals surface area contributed by atoms with Crippen molar-refractivity contribution in [3.8, 4) is 0 Å². The van der Waals surface area contributed by atoms with Crippen LogP contribution in [0.5, 0.6) is 0 Å². The summed E-state index contributed by atoms with van der Waals surface area (Å²) in [7, 11) is -10.7. The number of hydrogen-bond acceptors (Lipinski definition) is 12. The maximum absolute atomic E-state index is 12.0. The third-order valence-corrected chi connectivity index (χ3v) is 13.1. The van der Waals surface area contributed by atoms with E-state index in [2.05, 4.69) is 4.90 Å². The van der Waals surface area contributed by atoms with E-state index in [1.807, 2.05) is 36.7 Å². The highest BCUT2D eigenvalue weighted by Gasteiger charge is 2.48. The van der Waals surface area contributed by atoms with Gasteiger partial charge in [0.1, 0.15) is 26.8 Å². The lowest BCUT2D eigenvalue weighted by molar-refractivity contribution is -0.437. The van der Waals surface area contributed by atoms with E-state index in [-0.39, 0.29) is 30.9 Å². The molecular formula is C40H51N2O13S3-. The number of hydrogen-bond donors (Lipinski definition) is 2. The molecule has 2 atom stereocenters. The molecule has 0 aliphatic carbocycles. The molecule has 0 amide bonds. The zero-order valence-corrected chi connectivity index (χ0v) is 35.4. The topological polar surface area (TPSA) is 231 Å². The van der Waals surface area contributed by atoms with Gasteiger partial charge in [-0.15, -0.1) is 0 Å². The third-order valence-electron chi connectivity index (χ3n) is 10.6. The zero-order chi connectivity index (χ0) is 42.9. The molecule has 2 aliphatic heterocycles. The van der Waals surface area contributed by atoms with Crippen molar-refractivity contribution in [2.24, 2.45) is 0 Å². The second-order valence-electron chi connectivity index (χ2n) is 14.6. The van der Waals surface area contributed by atoms with Crippen LogP contribution in [0.1, 0.15) is 69.9 Å². The number of carboxylic acid groups (broad SMARTS) is 1. The number of carboxylic acids is 1. The van der Waals surface area contributed by atoms with Gasteiger partial charge in [0, 0.05) is 81.3 Å². The van der Waals surface area contributed by atoms with Gasteiger partial charge in [0.15, 0.2) is 5.71 Å². The summed E-state index contributed by atoms with van der Waals surface area (Å²) in [6.07, 6.45) is 15.5. The molecule has 0 aromatic heterocycles. The second-order valence-corrected chi connectivity index (χ2v) is 19.0. The fourth-order valence-electron chi connectivity index (χ4n) is 7.61. The standard InChI is InChI=1S/C40H52N2O13S3/c1-39(21-25-54-3)32-28-30(57(48,49)50)17-19-34(32)41(23-12-8-11-16-38(43)44)36(39)14-9-6-5-7-10-15-37-40(2,22-26-55-4)33-29-31(58(51,52)53)18-20-35(33)42(37)24-13-27-56(45,46)47/h5-7,9-10,14-15,17-20,28-29H,8,11-13,16,21-27H2,1-4H3,(H3-,43,44,45,46,47,48,49,50,51,52,53)/p-1. The van der Waals surface area contributed by atoms with Crippen LogP contribution >= 0.6 is 0 Å². The SMILES string of the molecule is COCCC1(C)C(=CC=CC=CC=CC2=[N+](CCCS(=O)(=O)O)c3ccc(S(=O)(=O)[O-])cc3C2(C)CCOC)N(CCCCCC(=O)O)c2ccc(S(=O)(=O)[O-])cc21. The van der Waals surface area contributed by atoms with Gasteiger partial charge < -0.3 is 28.6 Å². The minimum absolute atomic E-state index is 0.0520. The zero-order valence-electron chi connectivity index (χ0n) is 33.0. The van der Waals surface area contributed by atoms with Crippen LogP contribution in [0.4, 0.5) is 11.4 Å². The Morgan fingerprint density at radius 2 is 1.38 bits per heavy atom. The molecule has 0 saturated heterocycles. The van der Waals surface area contributed by atoms with Gasteiger partial charge in [-0.05, 0) is 81.5 Å². The van der Waals surface area contributed by atoms with Crippen molar-refractivity contribution >= 4 is 53.4 Å². The number of ether oxygens (including phenoxy) is 2. The summed E-state index contributed by atoms with van der Waals surface area (Å²) in [5, 5.41) is 9.08. The molecule has 2 N–H and O–H groups in total. The number of carbonyl (C=O) groups is 1. The molecule has 0 bridgehead atoms. The molecule has 4 rings (SSSR count). The van der Waals surface area contributed by atoms with E-state index in [1.165, 1.54) is 37.4 Å². The number of fused-ring (bicyclic) bond motifs is 2. The summed E-state index contributed by atoms with van der Waals surface area (Å²) in [4.78, 5) is 12.4. The predicted octanol–water partition coefficient (Wildman–Crippen LogP) is 5.18. The number of allylic oxidation sites excluding steroid dienone is 8. The van der Waals surface area contributed by atoms with E-state index in [9.17, 15) is 43.7 Å². The van der Waals surface area contributed by atoms with Crippen molar-refractivity contribution in [3.05, 3.63) is 95.8 Å². The second kappa shape index (κ2) is 19.4. The Balaban J connectivity index is 1.70. The summed E-state index contributed by atoms with van der Waals surface area (Å²) in [5.41, 5.74) is 2.51. The first-order chi connectivity index (χ1) is 27.2. The molecule has 2 aromatic rings. The number of rotatable bonds is 22. The van der Waals surface area contributed by atoms with Crippen LogP contribution in [0, 0.1) is 0 Å². The average molecular weight is 864 g/mol. The maximum atomic E-state index is 12.0. The van der Waals surface area contributed by atoms with Gasteiger partial charge in [-0.25, -0.2) is 16.8 Å². The molecule has 58 heavy (non-hydrogen) atoms. The first kappa shape index (κ1) is 46.7. The van der Waals surface area contributed by atoms with Crippen molar-refractivity contribution < 1.29 is 62.9 Å². The molecule has 318 valence electrons. The first-order valence-corrected chi connectivity index (χ1v) is 23.1. The van der Waals surface area contributed by atoms with Crippen molar-refractivity contribution in [1.82, 2.24) is 0 Å². The van der Waals surface area contributed by atoms with Crippen LogP contribution in [-0.4, -0.2) is 107 Å². The van der Waals surface area contributed by atoms with Gasteiger partial charge in [0.25, 0.3) is 10.1 Å². The van der Waals surface area contributed by atoms with Gasteiger partial charge in [0.05, 0.1) is 21.0 Å². The number of nitrogens with zero attached hydrogens (tertiary/aromatic N) is 2. The number of unbranched alkanes of at least 4 members (excludes halogenated alkanes) is 2. The first-order valence-electron chi connectivity index (χ1n) is 18.7. The van der Waals surface area contributed by atoms with Crippen LogP contribution in [0.15, 0.2) is 94.4 Å². The number of aliphatic carboxylic acids is 1. The molecule has 15 nitrogen and oxygen atoms in total. The van der Waals surface area contributed by atoms with Crippen LogP contribution in [0.2, 0.25) is 0 Å². The summed E-state index contributed by atoms with van der Waals surface area (Å²) < 4.78 is 117. The van der Waals surface area contributed by atoms with Crippen LogP contribution in [0.3, 0.4) is 0 Å². The molecule has 2 heterocycles. The predicted molar refractivity (Wildman–Crippen MR) is 216 cm³/mol. The lowest BCUT2D eigenvalue weighted by Crippen LogP contribution is -2.33. The molecule has 0 radical (unpaired) electrons.